The lowest BCUT2D eigenvalue weighted by Gasteiger charge is -2.44. The van der Waals surface area contributed by atoms with Crippen molar-refractivity contribution in [3.05, 3.63) is 83.4 Å². The van der Waals surface area contributed by atoms with E-state index in [9.17, 15) is 0 Å². The van der Waals surface area contributed by atoms with Crippen molar-refractivity contribution < 1.29 is 9.47 Å². The highest BCUT2D eigenvalue weighted by Gasteiger charge is 2.45. The molecule has 0 spiro atoms. The van der Waals surface area contributed by atoms with Gasteiger partial charge in [0.05, 0.1) is 11.4 Å². The lowest BCUT2D eigenvalue weighted by atomic mass is 9.33. The maximum Gasteiger partial charge on any atom is 0.247 e. The molecule has 0 atom stereocenters. The molecular weight excluding hydrogens is 381 g/mol. The average Bonchev–Trinajstić information content (AvgIpc) is 2.75. The van der Waals surface area contributed by atoms with Gasteiger partial charge in [-0.3, -0.25) is 4.90 Å². The van der Waals surface area contributed by atoms with Crippen LogP contribution >= 0.6 is 0 Å². The van der Waals surface area contributed by atoms with Crippen LogP contribution in [0.25, 0.3) is 0 Å². The average molecular weight is 401 g/mol. The molecule has 0 N–H and O–H groups in total. The number of rotatable bonds is 1. The number of nitrogens with zero attached hydrogens (tertiary/aromatic N) is 1. The van der Waals surface area contributed by atoms with Gasteiger partial charge in [0.2, 0.25) is 6.71 Å². The van der Waals surface area contributed by atoms with Gasteiger partial charge < -0.3 is 9.47 Å². The number of hydrogen-bond acceptors (Lipinski definition) is 3. The van der Waals surface area contributed by atoms with E-state index >= 15 is 0 Å². The summed E-state index contributed by atoms with van der Waals surface area (Å²) >= 11 is 0. The largest absolute Gasteiger partial charge is 0.453 e. The normalized spacial score (nSPS) is 14.0. The molecule has 0 bridgehead atoms. The Bertz CT molecular complexity index is 1340. The topological polar surface area (TPSA) is 21.7 Å². The predicted molar refractivity (Wildman–Crippen MR) is 127 cm³/mol. The molecule has 3 aliphatic heterocycles. The summed E-state index contributed by atoms with van der Waals surface area (Å²) in [5.41, 5.74) is 11.1. The maximum absolute atomic E-state index is 6.39. The summed E-state index contributed by atoms with van der Waals surface area (Å²) in [6, 6.07) is 23.5. The first-order valence-corrected chi connectivity index (χ1v) is 10.7. The monoisotopic (exact) mass is 401 g/mol. The summed E-state index contributed by atoms with van der Waals surface area (Å²) in [6.07, 6.45) is 0. The van der Waals surface area contributed by atoms with Gasteiger partial charge in [-0.2, -0.15) is 0 Å². The SMILES string of the molecule is Cc1cc(C)c(B2c3cccc4c3N3c5c(cccc5Oc5cccc2c53)O4)c(C)c1. The van der Waals surface area contributed by atoms with Crippen LogP contribution in [-0.4, -0.2) is 6.71 Å². The van der Waals surface area contributed by atoms with E-state index in [0.717, 1.165) is 40.1 Å². The van der Waals surface area contributed by atoms with Crippen molar-refractivity contribution in [2.45, 2.75) is 20.8 Å². The zero-order valence-electron chi connectivity index (χ0n) is 17.7. The Balaban J connectivity index is 1.62. The zero-order chi connectivity index (χ0) is 20.9. The number of para-hydroxylation sites is 3. The van der Waals surface area contributed by atoms with Crippen molar-refractivity contribution >= 4 is 40.2 Å². The third kappa shape index (κ3) is 2.09. The van der Waals surface area contributed by atoms with Crippen molar-refractivity contribution in [3.8, 4) is 23.0 Å². The molecule has 31 heavy (non-hydrogen) atoms. The minimum absolute atomic E-state index is 0.126. The summed E-state index contributed by atoms with van der Waals surface area (Å²) in [4.78, 5) is 2.36. The Labute approximate surface area is 181 Å². The van der Waals surface area contributed by atoms with Crippen LogP contribution in [0.3, 0.4) is 0 Å². The van der Waals surface area contributed by atoms with Crippen molar-refractivity contribution in [3.63, 3.8) is 0 Å². The van der Waals surface area contributed by atoms with Gasteiger partial charge in [-0.05, 0) is 56.0 Å². The minimum atomic E-state index is 0.126. The molecule has 0 amide bonds. The minimum Gasteiger partial charge on any atom is -0.453 e. The molecule has 0 fully saturated rings. The Morgan fingerprint density at radius 1 is 0.613 bits per heavy atom. The number of anilines is 3. The highest BCUT2D eigenvalue weighted by Crippen LogP contribution is 2.59. The van der Waals surface area contributed by atoms with E-state index in [-0.39, 0.29) is 6.71 Å². The van der Waals surface area contributed by atoms with Crippen LogP contribution in [0.15, 0.2) is 66.7 Å². The molecule has 0 aliphatic carbocycles. The van der Waals surface area contributed by atoms with Gasteiger partial charge in [0.25, 0.3) is 0 Å². The van der Waals surface area contributed by atoms with Crippen LogP contribution in [0.4, 0.5) is 17.1 Å². The summed E-state index contributed by atoms with van der Waals surface area (Å²) in [5.74, 6) is 3.47. The molecule has 0 aromatic heterocycles. The molecule has 148 valence electrons. The summed E-state index contributed by atoms with van der Waals surface area (Å²) in [7, 11) is 0. The molecule has 0 unspecified atom stereocenters. The Morgan fingerprint density at radius 2 is 1.06 bits per heavy atom. The number of benzene rings is 4. The molecule has 3 nitrogen and oxygen atoms in total. The van der Waals surface area contributed by atoms with Crippen molar-refractivity contribution in [1.29, 1.82) is 0 Å². The van der Waals surface area contributed by atoms with Crippen LogP contribution < -0.4 is 30.8 Å². The molecule has 0 radical (unpaired) electrons. The van der Waals surface area contributed by atoms with Crippen LogP contribution in [0.1, 0.15) is 16.7 Å². The molecule has 4 heteroatoms. The highest BCUT2D eigenvalue weighted by atomic mass is 16.5. The van der Waals surface area contributed by atoms with Gasteiger partial charge in [0.15, 0.2) is 23.0 Å². The van der Waals surface area contributed by atoms with E-state index in [1.165, 1.54) is 33.1 Å². The molecule has 3 aliphatic rings. The smallest absolute Gasteiger partial charge is 0.247 e. The van der Waals surface area contributed by atoms with Crippen LogP contribution in [-0.2, 0) is 0 Å². The van der Waals surface area contributed by atoms with Gasteiger partial charge in [-0.15, -0.1) is 0 Å². The van der Waals surface area contributed by atoms with E-state index in [1.807, 2.05) is 18.2 Å². The van der Waals surface area contributed by atoms with E-state index in [1.54, 1.807) is 0 Å². The fourth-order valence-electron chi connectivity index (χ4n) is 5.77. The van der Waals surface area contributed by atoms with Crippen LogP contribution in [0.5, 0.6) is 23.0 Å². The van der Waals surface area contributed by atoms with E-state index in [2.05, 4.69) is 74.2 Å². The highest BCUT2D eigenvalue weighted by molar-refractivity contribution is 6.98. The lowest BCUT2D eigenvalue weighted by Crippen LogP contribution is -2.59. The Morgan fingerprint density at radius 3 is 1.58 bits per heavy atom. The summed E-state index contributed by atoms with van der Waals surface area (Å²) < 4.78 is 12.8. The third-order valence-corrected chi connectivity index (χ3v) is 6.78. The first-order chi connectivity index (χ1) is 15.1. The van der Waals surface area contributed by atoms with Gasteiger partial charge in [-0.25, -0.2) is 0 Å². The number of aryl methyl sites for hydroxylation is 3. The number of hydrogen-bond donors (Lipinski definition) is 0. The first kappa shape index (κ1) is 17.1. The van der Waals surface area contributed by atoms with Crippen molar-refractivity contribution in [1.82, 2.24) is 0 Å². The molecule has 0 saturated carbocycles. The zero-order valence-corrected chi connectivity index (χ0v) is 17.7. The Kier molecular flexibility index (Phi) is 3.16. The first-order valence-electron chi connectivity index (χ1n) is 10.7. The van der Waals surface area contributed by atoms with Gasteiger partial charge >= 0.3 is 0 Å². The van der Waals surface area contributed by atoms with Crippen LogP contribution in [0.2, 0.25) is 0 Å². The molecule has 0 saturated heterocycles. The molecule has 3 heterocycles. The molecule has 4 aromatic rings. The van der Waals surface area contributed by atoms with Gasteiger partial charge in [-0.1, -0.05) is 64.6 Å². The summed E-state index contributed by atoms with van der Waals surface area (Å²) in [5, 5.41) is 0. The van der Waals surface area contributed by atoms with E-state index < -0.39 is 0 Å². The standard InChI is InChI=1S/C27H20BNO2/c1-15-13-16(2)24(17(3)14-15)28-18-7-4-9-20-25(18)29-26-19(28)8-5-10-21(26)31-23-12-6-11-22(30-20)27(23)29/h4-14H,1-3H3. The van der Waals surface area contributed by atoms with Crippen molar-refractivity contribution in [2.24, 2.45) is 0 Å². The van der Waals surface area contributed by atoms with Crippen molar-refractivity contribution in [2.75, 3.05) is 4.90 Å². The second kappa shape index (κ2) is 5.73. The second-order valence-electron chi connectivity index (χ2n) is 8.78. The number of ether oxygens (including phenoxy) is 2. The third-order valence-electron chi connectivity index (χ3n) is 6.78. The van der Waals surface area contributed by atoms with E-state index in [0.29, 0.717) is 0 Å². The fraction of sp³-hybridized carbons (Fsp3) is 0.111. The second-order valence-corrected chi connectivity index (χ2v) is 8.78. The van der Waals surface area contributed by atoms with Crippen LogP contribution in [0, 0.1) is 20.8 Å². The quantitative estimate of drug-likeness (QED) is 0.357. The van der Waals surface area contributed by atoms with E-state index in [4.69, 9.17) is 9.47 Å². The van der Waals surface area contributed by atoms with Gasteiger partial charge in [0.1, 0.15) is 5.69 Å². The molecular formula is C27H20BNO2. The molecule has 4 aromatic carbocycles. The maximum atomic E-state index is 6.39. The predicted octanol–water partition coefficient (Wildman–Crippen LogP) is 5.12. The van der Waals surface area contributed by atoms with Gasteiger partial charge in [0, 0.05) is 0 Å². The molecule has 7 rings (SSSR count). The Hall–Kier alpha value is -3.66. The fourth-order valence-corrected chi connectivity index (χ4v) is 5.77. The summed E-state index contributed by atoms with van der Waals surface area (Å²) in [6.45, 7) is 6.75. The lowest BCUT2D eigenvalue weighted by molar-refractivity contribution is 0.446.